The molecule has 1 saturated carbocycles. The molecule has 6 atom stereocenters. The van der Waals surface area contributed by atoms with E-state index < -0.39 is 30.6 Å². The van der Waals surface area contributed by atoms with Gasteiger partial charge in [0.15, 0.2) is 23.2 Å². The van der Waals surface area contributed by atoms with Gasteiger partial charge >= 0.3 is 0 Å². The topological polar surface area (TPSA) is 126 Å². The third-order valence-electron chi connectivity index (χ3n) is 6.01. The zero-order valence-electron chi connectivity index (χ0n) is 17.1. The number of fused-ring (bicyclic) bond motifs is 1. The van der Waals surface area contributed by atoms with Crippen molar-refractivity contribution in [1.29, 1.82) is 0 Å². The van der Waals surface area contributed by atoms with Crippen molar-refractivity contribution < 1.29 is 24.4 Å². The number of anilines is 1. The van der Waals surface area contributed by atoms with Crippen LogP contribution in [0.2, 0.25) is 0 Å². The fourth-order valence-corrected chi connectivity index (χ4v) is 5.26. The highest BCUT2D eigenvalue weighted by Gasteiger charge is 2.44. The van der Waals surface area contributed by atoms with Gasteiger partial charge in [-0.3, -0.25) is 4.57 Å². The van der Waals surface area contributed by atoms with Gasteiger partial charge in [0.2, 0.25) is 0 Å². The zero-order valence-corrected chi connectivity index (χ0v) is 17.9. The molecule has 32 heavy (non-hydrogen) atoms. The summed E-state index contributed by atoms with van der Waals surface area (Å²) < 4.78 is 21.4. The Morgan fingerprint density at radius 3 is 2.75 bits per heavy atom. The molecule has 4 N–H and O–H groups in total. The van der Waals surface area contributed by atoms with Crippen molar-refractivity contribution in [2.24, 2.45) is 0 Å². The molecule has 2 aliphatic rings. The second-order valence-electron chi connectivity index (χ2n) is 8.08. The van der Waals surface area contributed by atoms with Gasteiger partial charge in [0.1, 0.15) is 24.4 Å². The summed E-state index contributed by atoms with van der Waals surface area (Å²) in [4.78, 5) is 13.4. The number of benzene rings is 1. The monoisotopic (exact) mass is 461 g/mol. The quantitative estimate of drug-likeness (QED) is 0.406. The van der Waals surface area contributed by atoms with Gasteiger partial charge in [-0.05, 0) is 31.4 Å². The van der Waals surface area contributed by atoms with E-state index in [1.165, 1.54) is 30.5 Å². The molecule has 1 saturated heterocycles. The number of ether oxygens (including phenoxy) is 1. The lowest BCUT2D eigenvalue weighted by atomic mass is 10.1. The van der Waals surface area contributed by atoms with Crippen molar-refractivity contribution in [3.05, 3.63) is 42.7 Å². The molecule has 2 aromatic heterocycles. The second-order valence-corrected chi connectivity index (χ2v) is 9.14. The normalized spacial score (nSPS) is 30.2. The molecule has 170 valence electrons. The largest absolute Gasteiger partial charge is 0.391 e. The van der Waals surface area contributed by atoms with Gasteiger partial charge in [0.25, 0.3) is 0 Å². The first-order chi connectivity index (χ1) is 15.5. The summed E-state index contributed by atoms with van der Waals surface area (Å²) >= 11 is 1.22. The molecule has 0 bridgehead atoms. The predicted octanol–water partition coefficient (Wildman–Crippen LogP) is 1.70. The third-order valence-corrected chi connectivity index (χ3v) is 7.15. The van der Waals surface area contributed by atoms with Gasteiger partial charge in [0, 0.05) is 10.6 Å². The van der Waals surface area contributed by atoms with Crippen LogP contribution >= 0.6 is 11.8 Å². The number of imidazole rings is 1. The molecule has 9 nitrogen and oxygen atoms in total. The average Bonchev–Trinajstić information content (AvgIpc) is 3.47. The molecule has 1 aliphatic carbocycles. The summed E-state index contributed by atoms with van der Waals surface area (Å²) in [6.45, 7) is 0. The van der Waals surface area contributed by atoms with E-state index in [0.29, 0.717) is 21.9 Å². The molecule has 1 aliphatic heterocycles. The van der Waals surface area contributed by atoms with Gasteiger partial charge in [-0.15, -0.1) is 11.8 Å². The number of aliphatic hydroxyl groups excluding tert-OH is 3. The number of thioether (sulfide) groups is 1. The SMILES string of the molecule is OC1[C@H](n2cnc3c(N[C@@H]4CCC[C@H]4O)ncnc32)O[C@H](CSc2ccccc2F)[C@H]1O. The molecular weight excluding hydrogens is 437 g/mol. The molecule has 3 heterocycles. The lowest BCUT2D eigenvalue weighted by Crippen LogP contribution is -2.32. The van der Waals surface area contributed by atoms with Crippen LogP contribution in [0, 0.1) is 5.82 Å². The molecule has 1 unspecified atom stereocenters. The summed E-state index contributed by atoms with van der Waals surface area (Å²) in [6.07, 6.45) is 0.990. The number of rotatable bonds is 6. The van der Waals surface area contributed by atoms with Crippen LogP contribution in [0.5, 0.6) is 0 Å². The molecule has 0 radical (unpaired) electrons. The number of halogens is 1. The maximum Gasteiger partial charge on any atom is 0.167 e. The first-order valence-corrected chi connectivity index (χ1v) is 11.5. The standard InChI is InChI=1S/C21H24FN5O4S/c22-11-4-1-2-7-15(11)32-8-14-17(29)18(30)21(31-14)27-10-25-16-19(23-9-24-20(16)27)26-12-5-3-6-13(12)28/h1-2,4,7,9-10,12-14,17-18,21,28-30H,3,5-6,8H2,(H,23,24,26)/t12-,13-,14-,17-,18?,21-/m1/s1. The van der Waals surface area contributed by atoms with Crippen LogP contribution in [0.3, 0.4) is 0 Å². The summed E-state index contributed by atoms with van der Waals surface area (Å²) in [6, 6.07) is 6.28. The van der Waals surface area contributed by atoms with E-state index >= 15 is 0 Å². The van der Waals surface area contributed by atoms with E-state index in [-0.39, 0.29) is 17.6 Å². The fourth-order valence-electron chi connectivity index (χ4n) is 4.26. The first kappa shape index (κ1) is 21.5. The number of aliphatic hydroxyl groups is 3. The van der Waals surface area contributed by atoms with Crippen LogP contribution in [0.1, 0.15) is 25.5 Å². The van der Waals surface area contributed by atoms with E-state index in [1.54, 1.807) is 22.8 Å². The second kappa shape index (κ2) is 8.91. The molecule has 11 heteroatoms. The number of nitrogens with one attached hydrogen (secondary N) is 1. The Kier molecular flexibility index (Phi) is 5.99. The summed E-state index contributed by atoms with van der Waals surface area (Å²) in [7, 11) is 0. The number of nitrogens with zero attached hydrogens (tertiary/aromatic N) is 4. The Morgan fingerprint density at radius 2 is 1.97 bits per heavy atom. The summed E-state index contributed by atoms with van der Waals surface area (Å²) in [5.74, 6) is 0.426. The van der Waals surface area contributed by atoms with Crippen molar-refractivity contribution in [1.82, 2.24) is 19.5 Å². The average molecular weight is 462 g/mol. The lowest BCUT2D eigenvalue weighted by Gasteiger charge is -2.18. The van der Waals surface area contributed by atoms with Gasteiger partial charge in [-0.2, -0.15) is 0 Å². The van der Waals surface area contributed by atoms with E-state index in [0.717, 1.165) is 19.3 Å². The number of hydrogen-bond donors (Lipinski definition) is 4. The smallest absolute Gasteiger partial charge is 0.167 e. The lowest BCUT2D eigenvalue weighted by molar-refractivity contribution is -0.0289. The molecule has 1 aromatic carbocycles. The van der Waals surface area contributed by atoms with Crippen LogP contribution in [0.15, 0.2) is 41.8 Å². The Hall–Kier alpha value is -2.31. The van der Waals surface area contributed by atoms with Crippen molar-refractivity contribution in [3.8, 4) is 0 Å². The van der Waals surface area contributed by atoms with E-state index in [4.69, 9.17) is 4.74 Å². The van der Waals surface area contributed by atoms with E-state index in [9.17, 15) is 19.7 Å². The van der Waals surface area contributed by atoms with Gasteiger partial charge in [-0.25, -0.2) is 19.3 Å². The maximum atomic E-state index is 13.9. The highest BCUT2D eigenvalue weighted by Crippen LogP contribution is 2.35. The van der Waals surface area contributed by atoms with E-state index in [2.05, 4.69) is 20.3 Å². The minimum atomic E-state index is -1.21. The zero-order chi connectivity index (χ0) is 22.2. The molecule has 3 aromatic rings. The predicted molar refractivity (Wildman–Crippen MR) is 116 cm³/mol. The summed E-state index contributed by atoms with van der Waals surface area (Å²) in [5.41, 5.74) is 0.926. The third kappa shape index (κ3) is 3.95. The van der Waals surface area contributed by atoms with Crippen LogP contribution in [-0.4, -0.2) is 71.0 Å². The Bertz CT molecular complexity index is 1100. The van der Waals surface area contributed by atoms with Crippen LogP contribution in [0.4, 0.5) is 10.2 Å². The molecule has 0 amide bonds. The highest BCUT2D eigenvalue weighted by atomic mass is 32.2. The van der Waals surface area contributed by atoms with Crippen molar-refractivity contribution in [2.75, 3.05) is 11.1 Å². The number of aromatic nitrogens is 4. The Balaban J connectivity index is 1.34. The van der Waals surface area contributed by atoms with Crippen LogP contribution < -0.4 is 5.32 Å². The fraction of sp³-hybridized carbons (Fsp3) is 0.476. The molecular formula is C21H24FN5O4S. The van der Waals surface area contributed by atoms with Gasteiger partial charge in [0.05, 0.1) is 24.6 Å². The maximum absolute atomic E-state index is 13.9. The number of hydrogen-bond acceptors (Lipinski definition) is 9. The molecule has 2 fully saturated rings. The van der Waals surface area contributed by atoms with Crippen LogP contribution in [-0.2, 0) is 4.74 Å². The van der Waals surface area contributed by atoms with Crippen molar-refractivity contribution >= 4 is 28.7 Å². The first-order valence-electron chi connectivity index (χ1n) is 10.5. The van der Waals surface area contributed by atoms with Crippen molar-refractivity contribution in [3.63, 3.8) is 0 Å². The van der Waals surface area contributed by atoms with E-state index in [1.807, 2.05) is 0 Å². The Labute approximate surface area is 187 Å². The van der Waals surface area contributed by atoms with Gasteiger partial charge < -0.3 is 25.4 Å². The highest BCUT2D eigenvalue weighted by molar-refractivity contribution is 7.99. The summed E-state index contributed by atoms with van der Waals surface area (Å²) in [5, 5.41) is 34.5. The van der Waals surface area contributed by atoms with Crippen LogP contribution in [0.25, 0.3) is 11.2 Å². The minimum absolute atomic E-state index is 0.104. The molecule has 5 rings (SSSR count). The van der Waals surface area contributed by atoms with Gasteiger partial charge in [-0.1, -0.05) is 12.1 Å². The minimum Gasteiger partial charge on any atom is -0.391 e. The Morgan fingerprint density at radius 1 is 1.12 bits per heavy atom. The molecule has 0 spiro atoms. The van der Waals surface area contributed by atoms with Crippen molar-refractivity contribution in [2.45, 2.75) is 60.8 Å².